The van der Waals surface area contributed by atoms with E-state index in [0.29, 0.717) is 35.2 Å². The van der Waals surface area contributed by atoms with Gasteiger partial charge in [-0.05, 0) is 37.3 Å². The van der Waals surface area contributed by atoms with E-state index in [-0.39, 0.29) is 0 Å². The molecule has 0 saturated heterocycles. The van der Waals surface area contributed by atoms with Gasteiger partial charge < -0.3 is 21.1 Å². The van der Waals surface area contributed by atoms with Gasteiger partial charge in [0.1, 0.15) is 12.0 Å². The molecule has 0 spiro atoms. The average molecular weight is 428 g/mol. The SMILES string of the molecule is CCOC(=O)c1ccccc1Nc1ncnc(Nc2cccc(Br)c2)c1N. The van der Waals surface area contributed by atoms with E-state index >= 15 is 0 Å². The first-order valence-electron chi connectivity index (χ1n) is 8.24. The van der Waals surface area contributed by atoms with Gasteiger partial charge in [-0.15, -0.1) is 0 Å². The van der Waals surface area contributed by atoms with Gasteiger partial charge in [0.25, 0.3) is 0 Å². The predicted molar refractivity (Wildman–Crippen MR) is 110 cm³/mol. The molecule has 0 aliphatic rings. The highest BCUT2D eigenvalue weighted by Crippen LogP contribution is 2.30. The minimum atomic E-state index is -0.416. The molecule has 1 aromatic heterocycles. The van der Waals surface area contributed by atoms with Gasteiger partial charge in [0.2, 0.25) is 0 Å². The van der Waals surface area contributed by atoms with Crippen molar-refractivity contribution in [2.75, 3.05) is 23.0 Å². The van der Waals surface area contributed by atoms with Crippen molar-refractivity contribution in [1.82, 2.24) is 9.97 Å². The van der Waals surface area contributed by atoms with Crippen LogP contribution in [0.25, 0.3) is 0 Å². The molecule has 4 N–H and O–H groups in total. The van der Waals surface area contributed by atoms with Crippen LogP contribution in [-0.4, -0.2) is 22.5 Å². The fraction of sp³-hybridized carbons (Fsp3) is 0.105. The summed E-state index contributed by atoms with van der Waals surface area (Å²) < 4.78 is 6.02. The maximum atomic E-state index is 12.1. The van der Waals surface area contributed by atoms with Crippen molar-refractivity contribution in [1.29, 1.82) is 0 Å². The molecule has 3 rings (SSSR count). The zero-order valence-corrected chi connectivity index (χ0v) is 16.2. The Bertz CT molecular complexity index is 964. The van der Waals surface area contributed by atoms with Crippen LogP contribution in [0.15, 0.2) is 59.3 Å². The van der Waals surface area contributed by atoms with Crippen molar-refractivity contribution in [3.63, 3.8) is 0 Å². The smallest absolute Gasteiger partial charge is 0.340 e. The van der Waals surface area contributed by atoms with Crippen molar-refractivity contribution < 1.29 is 9.53 Å². The molecular formula is C19H18BrN5O2. The number of nitrogens with zero attached hydrogens (tertiary/aromatic N) is 2. The highest BCUT2D eigenvalue weighted by atomic mass is 79.9. The molecule has 0 bridgehead atoms. The number of para-hydroxylation sites is 1. The summed E-state index contributed by atoms with van der Waals surface area (Å²) in [5.41, 5.74) is 8.33. The second-order valence-corrected chi connectivity index (χ2v) is 6.43. The van der Waals surface area contributed by atoms with E-state index in [4.69, 9.17) is 10.5 Å². The second-order valence-electron chi connectivity index (χ2n) is 5.51. The lowest BCUT2D eigenvalue weighted by Gasteiger charge is -2.14. The molecule has 8 heteroatoms. The fourth-order valence-electron chi connectivity index (χ4n) is 2.40. The molecule has 0 radical (unpaired) electrons. The van der Waals surface area contributed by atoms with Crippen LogP contribution in [0.5, 0.6) is 0 Å². The number of rotatable bonds is 6. The molecular weight excluding hydrogens is 410 g/mol. The van der Waals surface area contributed by atoms with Gasteiger partial charge in [-0.1, -0.05) is 34.1 Å². The lowest BCUT2D eigenvalue weighted by atomic mass is 10.2. The number of aromatic nitrogens is 2. The number of hydrogen-bond donors (Lipinski definition) is 3. The van der Waals surface area contributed by atoms with Crippen molar-refractivity contribution in [2.24, 2.45) is 0 Å². The summed E-state index contributed by atoms with van der Waals surface area (Å²) >= 11 is 3.43. The van der Waals surface area contributed by atoms with Crippen molar-refractivity contribution >= 4 is 50.6 Å². The van der Waals surface area contributed by atoms with Crippen LogP contribution in [0.4, 0.5) is 28.7 Å². The van der Waals surface area contributed by atoms with E-state index in [1.54, 1.807) is 25.1 Å². The highest BCUT2D eigenvalue weighted by Gasteiger charge is 2.15. The number of carbonyl (C=O) groups is 1. The Morgan fingerprint density at radius 2 is 1.85 bits per heavy atom. The number of nitrogens with one attached hydrogen (secondary N) is 2. The van der Waals surface area contributed by atoms with Gasteiger partial charge in [-0.3, -0.25) is 0 Å². The molecule has 0 atom stereocenters. The molecule has 1 heterocycles. The quantitative estimate of drug-likeness (QED) is 0.498. The number of nitrogen functional groups attached to an aromatic ring is 1. The molecule has 0 aliphatic carbocycles. The van der Waals surface area contributed by atoms with E-state index < -0.39 is 5.97 Å². The molecule has 0 aliphatic heterocycles. The topological polar surface area (TPSA) is 102 Å². The summed E-state index contributed by atoms with van der Waals surface area (Å²) in [5.74, 6) is 0.430. The Hall–Kier alpha value is -3.13. The second kappa shape index (κ2) is 8.50. The summed E-state index contributed by atoms with van der Waals surface area (Å²) in [6, 6.07) is 14.6. The van der Waals surface area contributed by atoms with Crippen LogP contribution in [-0.2, 0) is 4.74 Å². The predicted octanol–water partition coefficient (Wildman–Crippen LogP) is 4.49. The largest absolute Gasteiger partial charge is 0.462 e. The van der Waals surface area contributed by atoms with Crippen LogP contribution in [0.3, 0.4) is 0 Å². The molecule has 138 valence electrons. The average Bonchev–Trinajstić information content (AvgIpc) is 2.66. The standard InChI is InChI=1S/C19H18BrN5O2/c1-2-27-19(26)14-8-3-4-9-15(14)25-18-16(21)17(22-11-23-18)24-13-7-5-6-12(20)10-13/h3-11H,2,21H2,1H3,(H2,22,23,24,25). The summed E-state index contributed by atoms with van der Waals surface area (Å²) in [7, 11) is 0. The summed E-state index contributed by atoms with van der Waals surface area (Å²) in [4.78, 5) is 20.5. The van der Waals surface area contributed by atoms with Gasteiger partial charge in [0.05, 0.1) is 17.9 Å². The third-order valence-corrected chi connectivity index (χ3v) is 4.14. The third kappa shape index (κ3) is 4.53. The van der Waals surface area contributed by atoms with Crippen LogP contribution >= 0.6 is 15.9 Å². The molecule has 0 fully saturated rings. The molecule has 27 heavy (non-hydrogen) atoms. The number of carbonyl (C=O) groups excluding carboxylic acids is 1. The Kier molecular flexibility index (Phi) is 5.87. The van der Waals surface area contributed by atoms with Crippen LogP contribution in [0.2, 0.25) is 0 Å². The zero-order valence-electron chi connectivity index (χ0n) is 14.6. The van der Waals surface area contributed by atoms with Crippen molar-refractivity contribution in [2.45, 2.75) is 6.92 Å². The molecule has 0 unspecified atom stereocenters. The first-order valence-corrected chi connectivity index (χ1v) is 9.04. The monoisotopic (exact) mass is 427 g/mol. The van der Waals surface area contributed by atoms with E-state index in [9.17, 15) is 4.79 Å². The zero-order chi connectivity index (χ0) is 19.2. The van der Waals surface area contributed by atoms with Gasteiger partial charge >= 0.3 is 5.97 Å². The maximum Gasteiger partial charge on any atom is 0.340 e. The Labute approximate surface area is 165 Å². The van der Waals surface area contributed by atoms with E-state index in [0.717, 1.165) is 10.2 Å². The fourth-order valence-corrected chi connectivity index (χ4v) is 2.80. The first kappa shape index (κ1) is 18.7. The van der Waals surface area contributed by atoms with E-state index in [1.807, 2.05) is 30.3 Å². The number of nitrogens with two attached hydrogens (primary N) is 1. The normalized spacial score (nSPS) is 10.3. The summed E-state index contributed by atoms with van der Waals surface area (Å²) in [6.45, 7) is 2.06. The highest BCUT2D eigenvalue weighted by molar-refractivity contribution is 9.10. The maximum absolute atomic E-state index is 12.1. The Morgan fingerprint density at radius 3 is 2.59 bits per heavy atom. The number of halogens is 1. The number of anilines is 5. The number of esters is 1. The van der Waals surface area contributed by atoms with Crippen LogP contribution in [0.1, 0.15) is 17.3 Å². The third-order valence-electron chi connectivity index (χ3n) is 3.65. The number of ether oxygens (including phenoxy) is 1. The molecule has 3 aromatic rings. The van der Waals surface area contributed by atoms with Gasteiger partial charge in [0, 0.05) is 10.2 Å². The van der Waals surface area contributed by atoms with Crippen molar-refractivity contribution in [3.05, 3.63) is 64.9 Å². The molecule has 7 nitrogen and oxygen atoms in total. The van der Waals surface area contributed by atoms with E-state index in [1.165, 1.54) is 6.33 Å². The van der Waals surface area contributed by atoms with Gasteiger partial charge in [-0.25, -0.2) is 14.8 Å². The summed E-state index contributed by atoms with van der Waals surface area (Å²) in [5, 5.41) is 6.25. The number of benzene rings is 2. The Morgan fingerprint density at radius 1 is 1.11 bits per heavy atom. The lowest BCUT2D eigenvalue weighted by Crippen LogP contribution is -2.10. The first-order chi connectivity index (χ1) is 13.1. The Balaban J connectivity index is 1.88. The molecule has 0 amide bonds. The molecule has 2 aromatic carbocycles. The minimum absolute atomic E-state index is 0.295. The lowest BCUT2D eigenvalue weighted by molar-refractivity contribution is 0.0527. The van der Waals surface area contributed by atoms with Crippen LogP contribution < -0.4 is 16.4 Å². The number of hydrogen-bond acceptors (Lipinski definition) is 7. The summed E-state index contributed by atoms with van der Waals surface area (Å²) in [6.07, 6.45) is 1.39. The van der Waals surface area contributed by atoms with Crippen LogP contribution in [0, 0.1) is 0 Å². The van der Waals surface area contributed by atoms with Gasteiger partial charge in [0.15, 0.2) is 11.6 Å². The van der Waals surface area contributed by atoms with Gasteiger partial charge in [-0.2, -0.15) is 0 Å². The van der Waals surface area contributed by atoms with E-state index in [2.05, 4.69) is 36.5 Å². The minimum Gasteiger partial charge on any atom is -0.462 e. The van der Waals surface area contributed by atoms with Crippen molar-refractivity contribution in [3.8, 4) is 0 Å². The molecule has 0 saturated carbocycles.